The zero-order chi connectivity index (χ0) is 24.8. The van der Waals surface area contributed by atoms with Crippen molar-refractivity contribution in [3.63, 3.8) is 0 Å². The molecule has 10 heteroatoms. The topological polar surface area (TPSA) is 121 Å². The van der Waals surface area contributed by atoms with Gasteiger partial charge in [0.05, 0.1) is 17.2 Å². The lowest BCUT2D eigenvalue weighted by atomic mass is 10.1. The zero-order valence-electron chi connectivity index (χ0n) is 19.2. The van der Waals surface area contributed by atoms with E-state index in [4.69, 9.17) is 9.47 Å². The molecule has 10 nitrogen and oxygen atoms in total. The second kappa shape index (κ2) is 10.6. The minimum atomic E-state index is -0.510. The second-order valence-corrected chi connectivity index (χ2v) is 7.59. The first-order chi connectivity index (χ1) is 17.0. The van der Waals surface area contributed by atoms with Crippen LogP contribution < -0.4 is 10.1 Å². The number of nitrogens with one attached hydrogen (secondary N) is 1. The van der Waals surface area contributed by atoms with Crippen LogP contribution in [0.4, 0.5) is 11.4 Å². The van der Waals surface area contributed by atoms with E-state index in [2.05, 4.69) is 15.4 Å². The highest BCUT2D eigenvalue weighted by molar-refractivity contribution is 6.04. The summed E-state index contributed by atoms with van der Waals surface area (Å²) in [4.78, 5) is 27.4. The Bertz CT molecular complexity index is 1330. The van der Waals surface area contributed by atoms with Crippen molar-refractivity contribution in [2.75, 3.05) is 25.6 Å². The van der Waals surface area contributed by atoms with Gasteiger partial charge in [-0.15, -0.1) is 5.10 Å². The van der Waals surface area contributed by atoms with E-state index < -0.39 is 4.92 Å². The quantitative estimate of drug-likeness (QED) is 0.217. The summed E-state index contributed by atoms with van der Waals surface area (Å²) in [5.41, 5.74) is 3.48. The third kappa shape index (κ3) is 5.50. The maximum atomic E-state index is 12.5. The average molecular weight is 473 g/mol. The molecule has 1 heterocycles. The maximum Gasteiger partial charge on any atom is 0.336 e. The smallest absolute Gasteiger partial charge is 0.336 e. The summed E-state index contributed by atoms with van der Waals surface area (Å²) in [6.07, 6.45) is 0. The number of nitro benzene ring substituents is 1. The molecule has 1 N–H and O–H groups in total. The van der Waals surface area contributed by atoms with Crippen molar-refractivity contribution in [3.05, 3.63) is 94.0 Å². The number of ether oxygens (including phenoxy) is 2. The molecule has 0 aliphatic heterocycles. The summed E-state index contributed by atoms with van der Waals surface area (Å²) in [5, 5.41) is 18.1. The minimum Gasteiger partial charge on any atom is -0.460 e. The second-order valence-electron chi connectivity index (χ2n) is 7.59. The van der Waals surface area contributed by atoms with E-state index in [1.165, 1.54) is 24.3 Å². The van der Waals surface area contributed by atoms with Crippen molar-refractivity contribution in [1.82, 2.24) is 14.8 Å². The lowest BCUT2D eigenvalue weighted by Crippen LogP contribution is -2.12. The number of nitro groups is 1. The number of carbonyl (C=O) groups excluding carboxylic acids is 1. The Morgan fingerprint density at radius 1 is 1.03 bits per heavy atom. The Hall–Kier alpha value is -4.57. The Balaban J connectivity index is 1.57. The highest BCUT2D eigenvalue weighted by Crippen LogP contribution is 2.27. The molecule has 0 atom stereocenters. The molecule has 0 spiro atoms. The number of anilines is 1. The van der Waals surface area contributed by atoms with Crippen LogP contribution in [-0.4, -0.2) is 45.9 Å². The standard InChI is InChI=1S/C25H23N5O5/c1-17-5-3-4-6-22(17)23-27-25(35-16-15-34-2)28-29(23)20-13-9-19(10-14-20)26-24(31)18-7-11-21(12-8-18)30(32)33/h3-14H,15-16H2,1-2H3,(H,26,31). The van der Waals surface area contributed by atoms with Gasteiger partial charge in [0.25, 0.3) is 11.6 Å². The number of non-ortho nitro benzene ring substituents is 1. The molecule has 0 radical (unpaired) electrons. The van der Waals surface area contributed by atoms with Gasteiger partial charge in [0.1, 0.15) is 6.61 Å². The van der Waals surface area contributed by atoms with E-state index in [0.29, 0.717) is 30.3 Å². The van der Waals surface area contributed by atoms with Gasteiger partial charge in [0, 0.05) is 36.1 Å². The van der Waals surface area contributed by atoms with Crippen molar-refractivity contribution >= 4 is 17.3 Å². The molecule has 1 amide bonds. The summed E-state index contributed by atoms with van der Waals surface area (Å²) in [6, 6.07) is 20.6. The molecule has 0 saturated heterocycles. The zero-order valence-corrected chi connectivity index (χ0v) is 19.2. The summed E-state index contributed by atoms with van der Waals surface area (Å²) in [6.45, 7) is 2.73. The van der Waals surface area contributed by atoms with E-state index in [1.54, 1.807) is 36.1 Å². The van der Waals surface area contributed by atoms with Crippen LogP contribution in [-0.2, 0) is 4.74 Å². The molecule has 0 fully saturated rings. The molecule has 3 aromatic carbocycles. The van der Waals surface area contributed by atoms with Crippen LogP contribution in [0, 0.1) is 17.0 Å². The molecule has 0 unspecified atom stereocenters. The molecule has 0 aliphatic carbocycles. The Kier molecular flexibility index (Phi) is 7.12. The van der Waals surface area contributed by atoms with Gasteiger partial charge in [-0.05, 0) is 48.9 Å². The number of rotatable bonds is 9. The van der Waals surface area contributed by atoms with Crippen LogP contribution in [0.15, 0.2) is 72.8 Å². The Labute approximate surface area is 201 Å². The fourth-order valence-electron chi connectivity index (χ4n) is 3.37. The number of methoxy groups -OCH3 is 1. The number of benzene rings is 3. The SMILES string of the molecule is COCCOc1nc(-c2ccccc2C)n(-c2ccc(NC(=O)c3ccc([N+](=O)[O-])cc3)cc2)n1. The largest absolute Gasteiger partial charge is 0.460 e. The third-order valence-electron chi connectivity index (χ3n) is 5.20. The van der Waals surface area contributed by atoms with E-state index in [9.17, 15) is 14.9 Å². The fourth-order valence-corrected chi connectivity index (χ4v) is 3.37. The lowest BCUT2D eigenvalue weighted by Gasteiger charge is -2.09. The van der Waals surface area contributed by atoms with Gasteiger partial charge in [-0.3, -0.25) is 14.9 Å². The van der Waals surface area contributed by atoms with Crippen molar-refractivity contribution in [1.29, 1.82) is 0 Å². The van der Waals surface area contributed by atoms with Gasteiger partial charge < -0.3 is 14.8 Å². The predicted molar refractivity (Wildman–Crippen MR) is 130 cm³/mol. The van der Waals surface area contributed by atoms with Gasteiger partial charge in [0.2, 0.25) is 0 Å². The number of carbonyl (C=O) groups is 1. The van der Waals surface area contributed by atoms with Crippen molar-refractivity contribution < 1.29 is 19.2 Å². The van der Waals surface area contributed by atoms with E-state index >= 15 is 0 Å². The molecule has 0 aliphatic rings. The van der Waals surface area contributed by atoms with Gasteiger partial charge in [-0.25, -0.2) is 4.68 Å². The number of aromatic nitrogens is 3. The van der Waals surface area contributed by atoms with Gasteiger partial charge in [0.15, 0.2) is 5.82 Å². The van der Waals surface area contributed by atoms with Crippen molar-refractivity contribution in [3.8, 4) is 23.1 Å². The molecule has 4 aromatic rings. The van der Waals surface area contributed by atoms with Gasteiger partial charge >= 0.3 is 6.01 Å². The van der Waals surface area contributed by atoms with Crippen LogP contribution in [0.2, 0.25) is 0 Å². The highest BCUT2D eigenvalue weighted by Gasteiger charge is 2.17. The first-order valence-electron chi connectivity index (χ1n) is 10.8. The van der Waals surface area contributed by atoms with Crippen LogP contribution in [0.3, 0.4) is 0 Å². The van der Waals surface area contributed by atoms with E-state index in [1.807, 2.05) is 31.2 Å². The van der Waals surface area contributed by atoms with Crippen LogP contribution in [0.5, 0.6) is 6.01 Å². The van der Waals surface area contributed by atoms with Gasteiger partial charge in [-0.1, -0.05) is 24.3 Å². The summed E-state index contributed by atoms with van der Waals surface area (Å²) >= 11 is 0. The molecule has 0 bridgehead atoms. The number of hydrogen-bond acceptors (Lipinski definition) is 7. The van der Waals surface area contributed by atoms with E-state index in [0.717, 1.165) is 16.8 Å². The lowest BCUT2D eigenvalue weighted by molar-refractivity contribution is -0.384. The minimum absolute atomic E-state index is 0.0752. The monoisotopic (exact) mass is 473 g/mol. The molecule has 178 valence electrons. The number of aryl methyl sites for hydroxylation is 1. The Morgan fingerprint density at radius 3 is 2.40 bits per heavy atom. The summed E-state index contributed by atoms with van der Waals surface area (Å²) in [7, 11) is 1.59. The average Bonchev–Trinajstić information content (AvgIpc) is 3.29. The highest BCUT2D eigenvalue weighted by atomic mass is 16.6. The van der Waals surface area contributed by atoms with Crippen LogP contribution >= 0.6 is 0 Å². The fraction of sp³-hybridized carbons (Fsp3) is 0.160. The van der Waals surface area contributed by atoms with Crippen LogP contribution in [0.1, 0.15) is 15.9 Å². The molecule has 4 rings (SSSR count). The third-order valence-corrected chi connectivity index (χ3v) is 5.20. The Morgan fingerprint density at radius 2 is 1.74 bits per heavy atom. The number of nitrogens with zero attached hydrogens (tertiary/aromatic N) is 4. The maximum absolute atomic E-state index is 12.5. The van der Waals surface area contributed by atoms with Crippen molar-refractivity contribution in [2.45, 2.75) is 6.92 Å². The first kappa shape index (κ1) is 23.6. The van der Waals surface area contributed by atoms with Crippen LogP contribution in [0.25, 0.3) is 17.1 Å². The molecular weight excluding hydrogens is 450 g/mol. The van der Waals surface area contributed by atoms with Crippen molar-refractivity contribution in [2.24, 2.45) is 0 Å². The van der Waals surface area contributed by atoms with E-state index in [-0.39, 0.29) is 17.6 Å². The first-order valence-corrected chi connectivity index (χ1v) is 10.8. The normalized spacial score (nSPS) is 10.7. The summed E-state index contributed by atoms with van der Waals surface area (Å²) in [5.74, 6) is 0.251. The molecular formula is C25H23N5O5. The number of amides is 1. The molecule has 0 saturated carbocycles. The van der Waals surface area contributed by atoms with Gasteiger partial charge in [-0.2, -0.15) is 4.98 Å². The molecule has 35 heavy (non-hydrogen) atoms. The number of hydrogen-bond donors (Lipinski definition) is 1. The molecule has 1 aromatic heterocycles. The predicted octanol–water partition coefficient (Wildman–Crippen LogP) is 4.43. The summed E-state index contributed by atoms with van der Waals surface area (Å²) < 4.78 is 12.3.